The summed E-state index contributed by atoms with van der Waals surface area (Å²) < 4.78 is 9.50. The molecule has 0 N–H and O–H groups in total. The number of ether oxygens (including phenoxy) is 1. The van der Waals surface area contributed by atoms with E-state index in [1.165, 1.54) is 16.5 Å². The van der Waals surface area contributed by atoms with E-state index < -0.39 is 0 Å². The molecule has 1 aliphatic rings. The van der Waals surface area contributed by atoms with Crippen molar-refractivity contribution in [2.45, 2.75) is 19.5 Å². The van der Waals surface area contributed by atoms with Crippen molar-refractivity contribution < 1.29 is 4.74 Å². The average molecular weight is 506 g/mol. The van der Waals surface area contributed by atoms with E-state index in [2.05, 4.69) is 57.9 Å². The highest BCUT2D eigenvalue weighted by molar-refractivity contribution is 5.85. The van der Waals surface area contributed by atoms with Crippen molar-refractivity contribution in [3.63, 3.8) is 0 Å². The molecular formula is C22H29Cl2N9O. The van der Waals surface area contributed by atoms with Gasteiger partial charge in [0.15, 0.2) is 11.6 Å². The lowest BCUT2D eigenvalue weighted by molar-refractivity contribution is 0.248. The molecule has 3 aromatic heterocycles. The first-order chi connectivity index (χ1) is 15.8. The fourth-order valence-electron chi connectivity index (χ4n) is 4.23. The van der Waals surface area contributed by atoms with Crippen LogP contribution in [0.1, 0.15) is 12.0 Å². The topological polar surface area (TPSA) is 90.0 Å². The molecule has 0 saturated carbocycles. The Balaban J connectivity index is 0.00000162. The number of nitrogens with zero attached hydrogens (tertiary/aromatic N) is 9. The quantitative estimate of drug-likeness (QED) is 0.360. The van der Waals surface area contributed by atoms with Gasteiger partial charge in [-0.1, -0.05) is 12.1 Å². The van der Waals surface area contributed by atoms with Crippen molar-refractivity contribution in [1.29, 1.82) is 0 Å². The predicted molar refractivity (Wildman–Crippen MR) is 135 cm³/mol. The van der Waals surface area contributed by atoms with Gasteiger partial charge in [0.05, 0.1) is 31.6 Å². The summed E-state index contributed by atoms with van der Waals surface area (Å²) >= 11 is 0. The van der Waals surface area contributed by atoms with Crippen molar-refractivity contribution in [2.75, 3.05) is 44.7 Å². The lowest BCUT2D eigenvalue weighted by Gasteiger charge is -2.35. The number of rotatable bonds is 8. The van der Waals surface area contributed by atoms with Crippen molar-refractivity contribution in [1.82, 2.24) is 39.4 Å². The first kappa shape index (κ1) is 25.7. The molecule has 1 fully saturated rings. The number of benzene rings is 1. The number of fused-ring (bicyclic) bond motifs is 1. The van der Waals surface area contributed by atoms with Gasteiger partial charge in [-0.25, -0.2) is 9.97 Å². The van der Waals surface area contributed by atoms with E-state index in [1.807, 2.05) is 10.8 Å². The van der Waals surface area contributed by atoms with Crippen LogP contribution in [-0.2, 0) is 13.1 Å². The van der Waals surface area contributed by atoms with Gasteiger partial charge in [-0.15, -0.1) is 35.0 Å². The Labute approximate surface area is 210 Å². The second-order valence-corrected chi connectivity index (χ2v) is 7.99. The van der Waals surface area contributed by atoms with Crippen molar-refractivity contribution >= 4 is 41.5 Å². The fraction of sp³-hybridized carbons (Fsp3) is 0.409. The van der Waals surface area contributed by atoms with Crippen molar-refractivity contribution in [3.05, 3.63) is 55.1 Å². The predicted octanol–water partition coefficient (Wildman–Crippen LogP) is 2.53. The SMILES string of the molecule is COc1cncnc1N1CCN(CCCn2ncc3ccc(Cn4cnnc4)cc32)CC1.Cl.Cl. The molecule has 4 heterocycles. The van der Waals surface area contributed by atoms with Gasteiger partial charge >= 0.3 is 0 Å². The highest BCUT2D eigenvalue weighted by atomic mass is 35.5. The van der Waals surface area contributed by atoms with Gasteiger partial charge in [-0.05, 0) is 18.1 Å². The number of hydrogen-bond donors (Lipinski definition) is 0. The molecule has 1 aliphatic heterocycles. The molecule has 0 amide bonds. The first-order valence-corrected chi connectivity index (χ1v) is 10.9. The van der Waals surface area contributed by atoms with Gasteiger partial charge < -0.3 is 14.2 Å². The molecule has 0 unspecified atom stereocenters. The van der Waals surface area contributed by atoms with E-state index in [0.29, 0.717) is 0 Å². The Kier molecular flexibility index (Phi) is 9.03. The summed E-state index contributed by atoms with van der Waals surface area (Å²) in [6, 6.07) is 6.50. The zero-order chi connectivity index (χ0) is 21.8. The second kappa shape index (κ2) is 12.0. The third kappa shape index (κ3) is 5.75. The van der Waals surface area contributed by atoms with E-state index in [-0.39, 0.29) is 24.8 Å². The number of hydrogen-bond acceptors (Lipinski definition) is 8. The number of anilines is 1. The molecule has 0 bridgehead atoms. The molecule has 4 aromatic rings. The molecule has 5 rings (SSSR count). The normalized spacial score (nSPS) is 14.0. The number of piperazine rings is 1. The minimum atomic E-state index is 0. The molecule has 1 aromatic carbocycles. The number of aryl methyl sites for hydroxylation is 1. The molecule has 1 saturated heterocycles. The molecule has 182 valence electrons. The van der Waals surface area contributed by atoms with Crippen molar-refractivity contribution in [3.8, 4) is 5.75 Å². The molecule has 0 spiro atoms. The van der Waals surface area contributed by atoms with E-state index in [9.17, 15) is 0 Å². The first-order valence-electron chi connectivity index (χ1n) is 10.9. The maximum absolute atomic E-state index is 5.41. The molecule has 0 atom stereocenters. The standard InChI is InChI=1S/C22H27N9O.2ClH/c1-32-21-13-23-15-24-22(21)30-9-7-28(8-10-30)5-2-6-31-20-11-18(3-4-19(20)12-27-31)14-29-16-25-26-17-29;;/h3-4,11-13,15-17H,2,5-10,14H2,1H3;2*1H. The Morgan fingerprint density at radius 1 is 0.971 bits per heavy atom. The molecule has 0 aliphatic carbocycles. The zero-order valence-electron chi connectivity index (χ0n) is 19.0. The van der Waals surface area contributed by atoms with Crippen LogP contribution in [0, 0.1) is 0 Å². The van der Waals surface area contributed by atoms with Gasteiger partial charge in [0.2, 0.25) is 0 Å². The molecule has 12 heteroatoms. The lowest BCUT2D eigenvalue weighted by Crippen LogP contribution is -2.47. The Hall–Kier alpha value is -2.95. The van der Waals surface area contributed by atoms with E-state index in [4.69, 9.17) is 4.74 Å². The van der Waals surface area contributed by atoms with Gasteiger partial charge in [0, 0.05) is 44.7 Å². The van der Waals surface area contributed by atoms with Gasteiger partial charge in [0.1, 0.15) is 19.0 Å². The Morgan fingerprint density at radius 2 is 1.76 bits per heavy atom. The maximum Gasteiger partial charge on any atom is 0.179 e. The van der Waals surface area contributed by atoms with E-state index in [0.717, 1.165) is 63.8 Å². The van der Waals surface area contributed by atoms with Crippen LogP contribution >= 0.6 is 24.8 Å². The third-order valence-corrected chi connectivity index (χ3v) is 5.94. The monoisotopic (exact) mass is 505 g/mol. The van der Waals surface area contributed by atoms with Crippen LogP contribution in [0.15, 0.2) is 49.6 Å². The fourth-order valence-corrected chi connectivity index (χ4v) is 4.23. The summed E-state index contributed by atoms with van der Waals surface area (Å²) in [5, 5.41) is 13.5. The lowest BCUT2D eigenvalue weighted by atomic mass is 10.1. The van der Waals surface area contributed by atoms with Crippen LogP contribution in [0.4, 0.5) is 5.82 Å². The number of methoxy groups -OCH3 is 1. The molecule has 10 nitrogen and oxygen atoms in total. The molecule has 0 radical (unpaired) electrons. The Morgan fingerprint density at radius 3 is 2.53 bits per heavy atom. The highest BCUT2D eigenvalue weighted by Crippen LogP contribution is 2.24. The van der Waals surface area contributed by atoms with Crippen LogP contribution in [0.5, 0.6) is 5.75 Å². The smallest absolute Gasteiger partial charge is 0.179 e. The van der Waals surface area contributed by atoms with Crippen molar-refractivity contribution in [2.24, 2.45) is 0 Å². The largest absolute Gasteiger partial charge is 0.491 e. The van der Waals surface area contributed by atoms with Gasteiger partial charge in [0.25, 0.3) is 0 Å². The average Bonchev–Trinajstić information content (AvgIpc) is 3.49. The molecular weight excluding hydrogens is 477 g/mol. The third-order valence-electron chi connectivity index (χ3n) is 5.94. The summed E-state index contributed by atoms with van der Waals surface area (Å²) in [6.07, 6.45) is 9.79. The highest BCUT2D eigenvalue weighted by Gasteiger charge is 2.20. The molecule has 34 heavy (non-hydrogen) atoms. The van der Waals surface area contributed by atoms with Crippen LogP contribution in [0.2, 0.25) is 0 Å². The number of aromatic nitrogens is 7. The van der Waals surface area contributed by atoms with Crippen LogP contribution in [0.25, 0.3) is 10.9 Å². The van der Waals surface area contributed by atoms with Gasteiger partial charge in [-0.2, -0.15) is 5.10 Å². The van der Waals surface area contributed by atoms with Crippen LogP contribution in [-0.4, -0.2) is 79.2 Å². The van der Waals surface area contributed by atoms with Crippen LogP contribution in [0.3, 0.4) is 0 Å². The summed E-state index contributed by atoms with van der Waals surface area (Å²) in [5.74, 6) is 1.61. The zero-order valence-corrected chi connectivity index (χ0v) is 20.7. The van der Waals surface area contributed by atoms with Crippen LogP contribution < -0.4 is 9.64 Å². The summed E-state index contributed by atoms with van der Waals surface area (Å²) in [5.41, 5.74) is 2.39. The minimum absolute atomic E-state index is 0. The minimum Gasteiger partial charge on any atom is -0.491 e. The summed E-state index contributed by atoms with van der Waals surface area (Å²) in [4.78, 5) is 13.2. The summed E-state index contributed by atoms with van der Waals surface area (Å²) in [6.45, 7) is 6.60. The maximum atomic E-state index is 5.41. The Bertz CT molecular complexity index is 1160. The number of halogens is 2. The summed E-state index contributed by atoms with van der Waals surface area (Å²) in [7, 11) is 1.66. The van der Waals surface area contributed by atoms with E-state index >= 15 is 0 Å². The van der Waals surface area contributed by atoms with E-state index in [1.54, 1.807) is 32.3 Å². The van der Waals surface area contributed by atoms with Gasteiger partial charge in [-0.3, -0.25) is 9.58 Å². The second-order valence-electron chi connectivity index (χ2n) is 7.99.